The van der Waals surface area contributed by atoms with Crippen LogP contribution >= 0.6 is 0 Å². The van der Waals surface area contributed by atoms with Gasteiger partial charge >= 0.3 is 6.03 Å². The fraction of sp³-hybridized carbons (Fsp3) is 0.667. The fourth-order valence-corrected chi connectivity index (χ4v) is 2.63. The molecule has 1 saturated heterocycles. The average Bonchev–Trinajstić information content (AvgIpc) is 2.48. The highest BCUT2D eigenvalue weighted by Crippen LogP contribution is 2.35. The Morgan fingerprint density at radius 1 is 0.889 bits per heavy atom. The van der Waals surface area contributed by atoms with E-state index >= 15 is 0 Å². The lowest BCUT2D eigenvalue weighted by molar-refractivity contribution is 0.126. The number of hydrogen-bond acceptors (Lipinski definition) is 1. The summed E-state index contributed by atoms with van der Waals surface area (Å²) in [7, 11) is 0. The number of amides is 2. The summed E-state index contributed by atoms with van der Waals surface area (Å²) >= 11 is 0. The summed E-state index contributed by atoms with van der Waals surface area (Å²) in [5.41, 5.74) is -0.450. The van der Waals surface area contributed by atoms with Crippen LogP contribution in [0.1, 0.15) is 41.5 Å². The molecule has 0 bridgehead atoms. The van der Waals surface area contributed by atoms with Crippen LogP contribution in [-0.2, 0) is 0 Å². The van der Waals surface area contributed by atoms with Crippen molar-refractivity contribution in [2.24, 2.45) is 0 Å². The van der Waals surface area contributed by atoms with Crippen molar-refractivity contribution >= 4 is 6.03 Å². The maximum Gasteiger partial charge on any atom is 0.322 e. The van der Waals surface area contributed by atoms with Gasteiger partial charge in [-0.2, -0.15) is 0 Å². The molecule has 1 fully saturated rings. The van der Waals surface area contributed by atoms with Gasteiger partial charge < -0.3 is 9.80 Å². The molecule has 2 amide bonds. The van der Waals surface area contributed by atoms with Crippen LogP contribution in [0.4, 0.5) is 4.79 Å². The van der Waals surface area contributed by atoms with Gasteiger partial charge in [-0.15, -0.1) is 13.2 Å². The van der Waals surface area contributed by atoms with E-state index in [4.69, 9.17) is 0 Å². The Labute approximate surface area is 111 Å². The Kier molecular flexibility index (Phi) is 3.66. The lowest BCUT2D eigenvalue weighted by atomic mass is 9.99. The number of urea groups is 1. The minimum absolute atomic E-state index is 0.0192. The zero-order valence-corrected chi connectivity index (χ0v) is 12.5. The summed E-state index contributed by atoms with van der Waals surface area (Å²) in [5, 5.41) is 0. The van der Waals surface area contributed by atoms with Crippen LogP contribution in [0.3, 0.4) is 0 Å². The van der Waals surface area contributed by atoms with Crippen LogP contribution in [-0.4, -0.2) is 39.0 Å². The van der Waals surface area contributed by atoms with Gasteiger partial charge in [-0.3, -0.25) is 0 Å². The molecule has 0 aromatic rings. The van der Waals surface area contributed by atoms with Gasteiger partial charge in [0.2, 0.25) is 0 Å². The van der Waals surface area contributed by atoms with Crippen LogP contribution in [0.25, 0.3) is 0 Å². The summed E-state index contributed by atoms with van der Waals surface area (Å²) in [6, 6.07) is 0.0215. The van der Waals surface area contributed by atoms with E-state index in [-0.39, 0.29) is 29.2 Å². The highest BCUT2D eigenvalue weighted by molar-refractivity contribution is 5.80. The molecule has 2 atom stereocenters. The summed E-state index contributed by atoms with van der Waals surface area (Å²) in [6.45, 7) is 20.1. The van der Waals surface area contributed by atoms with Crippen molar-refractivity contribution < 1.29 is 4.79 Å². The van der Waals surface area contributed by atoms with Crippen molar-refractivity contribution in [1.82, 2.24) is 9.80 Å². The van der Waals surface area contributed by atoms with Crippen molar-refractivity contribution in [1.29, 1.82) is 0 Å². The largest absolute Gasteiger partial charge is 0.322 e. The van der Waals surface area contributed by atoms with Gasteiger partial charge in [0.15, 0.2) is 0 Å². The monoisotopic (exact) mass is 250 g/mol. The molecule has 0 spiro atoms. The first-order valence-electron chi connectivity index (χ1n) is 6.43. The topological polar surface area (TPSA) is 23.6 Å². The second kappa shape index (κ2) is 4.45. The molecule has 1 aliphatic rings. The Balaban J connectivity index is 3.30. The zero-order chi connectivity index (χ0) is 14.3. The van der Waals surface area contributed by atoms with Crippen molar-refractivity contribution in [3.8, 4) is 0 Å². The van der Waals surface area contributed by atoms with Crippen LogP contribution in [0.2, 0.25) is 0 Å². The molecule has 1 heterocycles. The van der Waals surface area contributed by atoms with Gasteiger partial charge in [0.05, 0.1) is 12.1 Å². The smallest absolute Gasteiger partial charge is 0.311 e. The van der Waals surface area contributed by atoms with E-state index in [1.807, 2.05) is 63.5 Å². The van der Waals surface area contributed by atoms with Gasteiger partial charge in [-0.05, 0) is 41.5 Å². The molecule has 0 radical (unpaired) electrons. The summed E-state index contributed by atoms with van der Waals surface area (Å²) < 4.78 is 0. The van der Waals surface area contributed by atoms with Gasteiger partial charge in [0, 0.05) is 11.1 Å². The standard InChI is InChI=1S/C15H26N2O/c1-9-11-12(10-2)17(15(6,7)8)13(18)16(11)14(3,4)5/h9-12H,1-2H2,3-8H3/t11-,12-/m1/s1. The minimum Gasteiger partial charge on any atom is -0.311 e. The summed E-state index contributed by atoms with van der Waals surface area (Å²) in [4.78, 5) is 16.5. The van der Waals surface area contributed by atoms with E-state index in [0.717, 1.165) is 0 Å². The Morgan fingerprint density at radius 3 is 1.33 bits per heavy atom. The predicted octanol–water partition coefficient (Wildman–Crippen LogP) is 3.43. The zero-order valence-electron chi connectivity index (χ0n) is 12.5. The molecular weight excluding hydrogens is 224 g/mol. The molecular formula is C15H26N2O. The molecule has 1 aliphatic heterocycles. The first kappa shape index (κ1) is 14.8. The average molecular weight is 250 g/mol. The van der Waals surface area contributed by atoms with E-state index in [1.165, 1.54) is 0 Å². The Morgan fingerprint density at radius 2 is 1.17 bits per heavy atom. The predicted molar refractivity (Wildman–Crippen MR) is 76.6 cm³/mol. The van der Waals surface area contributed by atoms with E-state index in [2.05, 4.69) is 13.2 Å². The number of rotatable bonds is 2. The highest BCUT2D eigenvalue weighted by Gasteiger charge is 2.50. The molecule has 0 N–H and O–H groups in total. The third kappa shape index (κ3) is 2.31. The first-order valence-corrected chi connectivity index (χ1v) is 6.43. The third-order valence-corrected chi connectivity index (χ3v) is 3.29. The lowest BCUT2D eigenvalue weighted by Crippen LogP contribution is -2.50. The fourth-order valence-electron chi connectivity index (χ4n) is 2.63. The maximum atomic E-state index is 12.7. The van der Waals surface area contributed by atoms with E-state index in [1.54, 1.807) is 0 Å². The summed E-state index contributed by atoms with van der Waals surface area (Å²) in [5.74, 6) is 0. The SMILES string of the molecule is C=C[C@@H]1[C@@H](C=C)N(C(C)(C)C)C(=O)N1C(C)(C)C. The molecule has 3 nitrogen and oxygen atoms in total. The second-order valence-electron chi connectivity index (χ2n) is 6.82. The van der Waals surface area contributed by atoms with Crippen molar-refractivity contribution in [3.63, 3.8) is 0 Å². The van der Waals surface area contributed by atoms with Gasteiger partial charge in [-0.1, -0.05) is 12.2 Å². The molecule has 0 aromatic carbocycles. The van der Waals surface area contributed by atoms with Crippen molar-refractivity contribution in [2.45, 2.75) is 64.7 Å². The van der Waals surface area contributed by atoms with Crippen molar-refractivity contribution in [2.75, 3.05) is 0 Å². The van der Waals surface area contributed by atoms with Gasteiger partial charge in [0.1, 0.15) is 0 Å². The first-order chi connectivity index (χ1) is 8.05. The maximum absolute atomic E-state index is 12.7. The van der Waals surface area contributed by atoms with Crippen LogP contribution in [0.15, 0.2) is 25.3 Å². The normalized spacial score (nSPS) is 25.6. The molecule has 0 unspecified atom stereocenters. The van der Waals surface area contributed by atoms with E-state index < -0.39 is 0 Å². The minimum atomic E-state index is -0.225. The molecule has 18 heavy (non-hydrogen) atoms. The molecule has 102 valence electrons. The van der Waals surface area contributed by atoms with Crippen LogP contribution in [0, 0.1) is 0 Å². The number of nitrogens with zero attached hydrogens (tertiary/aromatic N) is 2. The number of hydrogen-bond donors (Lipinski definition) is 0. The second-order valence-corrected chi connectivity index (χ2v) is 6.82. The third-order valence-electron chi connectivity index (χ3n) is 3.29. The quantitative estimate of drug-likeness (QED) is 0.689. The Bertz CT molecular complexity index is 326. The van der Waals surface area contributed by atoms with Crippen LogP contribution < -0.4 is 0 Å². The van der Waals surface area contributed by atoms with E-state index in [9.17, 15) is 4.79 Å². The summed E-state index contributed by atoms with van der Waals surface area (Å²) in [6.07, 6.45) is 3.70. The van der Waals surface area contributed by atoms with Crippen LogP contribution in [0.5, 0.6) is 0 Å². The number of carbonyl (C=O) groups is 1. The molecule has 0 aliphatic carbocycles. The molecule has 0 aromatic heterocycles. The molecule has 0 saturated carbocycles. The van der Waals surface area contributed by atoms with E-state index in [0.29, 0.717) is 0 Å². The highest BCUT2D eigenvalue weighted by atomic mass is 16.2. The van der Waals surface area contributed by atoms with Crippen molar-refractivity contribution in [3.05, 3.63) is 25.3 Å². The molecule has 3 heteroatoms. The van der Waals surface area contributed by atoms with Gasteiger partial charge in [0.25, 0.3) is 0 Å². The number of carbonyl (C=O) groups excluding carboxylic acids is 1. The van der Waals surface area contributed by atoms with Gasteiger partial charge in [-0.25, -0.2) is 4.79 Å². The molecule has 1 rings (SSSR count). The lowest BCUT2D eigenvalue weighted by Gasteiger charge is -2.36. The Hall–Kier alpha value is -1.25.